The summed E-state index contributed by atoms with van der Waals surface area (Å²) < 4.78 is 0. The maximum Gasteiger partial charge on any atom is 0.0843 e. The Morgan fingerprint density at radius 1 is 0.455 bits per heavy atom. The lowest BCUT2D eigenvalue weighted by atomic mass is 10.0. The van der Waals surface area contributed by atoms with Crippen LogP contribution < -0.4 is 5.73 Å². The van der Waals surface area contributed by atoms with E-state index in [-0.39, 0.29) is 0 Å². The zero-order valence-corrected chi connectivity index (χ0v) is 16.0. The van der Waals surface area contributed by atoms with Gasteiger partial charge in [-0.25, -0.2) is 0 Å². The lowest BCUT2D eigenvalue weighted by Crippen LogP contribution is -2.60. The maximum atomic E-state index is 4.35. The number of hydrogen-bond donors (Lipinski definition) is 1. The predicted molar refractivity (Wildman–Crippen MR) is 101 cm³/mol. The van der Waals surface area contributed by atoms with Gasteiger partial charge in [-0.15, -0.1) is 0 Å². The third-order valence-electron chi connectivity index (χ3n) is 4.93. The Morgan fingerprint density at radius 3 is 1.05 bits per heavy atom. The number of rotatable bonds is 18. The maximum absolute atomic E-state index is 4.35. The van der Waals surface area contributed by atoms with E-state index in [2.05, 4.69) is 19.6 Å². The topological polar surface area (TPSA) is 27.6 Å². The molecule has 0 atom stereocenters. The lowest BCUT2D eigenvalue weighted by Gasteiger charge is -2.08. The van der Waals surface area contributed by atoms with Gasteiger partial charge in [-0.05, 0) is 25.7 Å². The van der Waals surface area contributed by atoms with Crippen molar-refractivity contribution in [2.24, 2.45) is 0 Å². The third-order valence-corrected chi connectivity index (χ3v) is 4.93. The molecule has 0 heterocycles. The molecular formula is C21H46N+. The highest BCUT2D eigenvalue weighted by molar-refractivity contribution is 4.56. The minimum Gasteiger partial charge on any atom is -0.355 e. The van der Waals surface area contributed by atoms with Crippen LogP contribution in [0, 0.1) is 0 Å². The van der Waals surface area contributed by atoms with Crippen molar-refractivity contribution in [3.05, 3.63) is 0 Å². The molecule has 0 saturated heterocycles. The molecule has 0 aromatic rings. The van der Waals surface area contributed by atoms with E-state index in [1.807, 2.05) is 0 Å². The SMILES string of the molecule is CCCCCCCCCCC([NH3+])CCCCCCCCCC. The molecule has 0 amide bonds. The minimum atomic E-state index is 0.722. The Bertz CT molecular complexity index is 170. The van der Waals surface area contributed by atoms with Gasteiger partial charge in [0.05, 0.1) is 6.04 Å². The van der Waals surface area contributed by atoms with Gasteiger partial charge in [-0.1, -0.05) is 104 Å². The molecule has 1 nitrogen and oxygen atoms in total. The second-order valence-electron chi connectivity index (χ2n) is 7.39. The molecule has 3 N–H and O–H groups in total. The molecule has 0 saturated carbocycles. The van der Waals surface area contributed by atoms with E-state index < -0.39 is 0 Å². The van der Waals surface area contributed by atoms with Crippen LogP contribution in [0.4, 0.5) is 0 Å². The molecule has 0 rings (SSSR count). The zero-order valence-electron chi connectivity index (χ0n) is 16.0. The highest BCUT2D eigenvalue weighted by atomic mass is 14.6. The third kappa shape index (κ3) is 18.0. The van der Waals surface area contributed by atoms with Crippen LogP contribution in [-0.2, 0) is 0 Å². The van der Waals surface area contributed by atoms with Crippen molar-refractivity contribution in [1.29, 1.82) is 0 Å². The first kappa shape index (κ1) is 22.0. The Balaban J connectivity index is 3.11. The Labute approximate surface area is 141 Å². The van der Waals surface area contributed by atoms with Crippen molar-refractivity contribution in [3.63, 3.8) is 0 Å². The van der Waals surface area contributed by atoms with Crippen LogP contribution in [0.15, 0.2) is 0 Å². The van der Waals surface area contributed by atoms with Crippen LogP contribution in [0.1, 0.15) is 129 Å². The fourth-order valence-electron chi connectivity index (χ4n) is 3.28. The number of quaternary nitrogens is 1. The van der Waals surface area contributed by atoms with Crippen LogP contribution in [-0.4, -0.2) is 6.04 Å². The molecule has 0 spiro atoms. The summed E-state index contributed by atoms with van der Waals surface area (Å²) in [5.74, 6) is 0. The standard InChI is InChI=1S/C21H45N/c1-3-5-7-9-11-13-15-17-19-21(22)20-18-16-14-12-10-8-6-4-2/h21H,3-20,22H2,1-2H3/p+1. The van der Waals surface area contributed by atoms with Crippen molar-refractivity contribution in [3.8, 4) is 0 Å². The summed E-state index contributed by atoms with van der Waals surface area (Å²) in [6.07, 6.45) is 25.7. The normalized spacial score (nSPS) is 11.5. The summed E-state index contributed by atoms with van der Waals surface area (Å²) in [6, 6.07) is 0.722. The van der Waals surface area contributed by atoms with Gasteiger partial charge in [-0.3, -0.25) is 0 Å². The van der Waals surface area contributed by atoms with Gasteiger partial charge in [0.25, 0.3) is 0 Å². The van der Waals surface area contributed by atoms with Gasteiger partial charge in [0.1, 0.15) is 0 Å². The first-order valence-electron chi connectivity index (χ1n) is 10.6. The molecule has 0 fully saturated rings. The van der Waals surface area contributed by atoms with Crippen LogP contribution in [0.5, 0.6) is 0 Å². The average molecular weight is 313 g/mol. The van der Waals surface area contributed by atoms with Crippen LogP contribution in [0.2, 0.25) is 0 Å². The molecule has 0 bridgehead atoms. The van der Waals surface area contributed by atoms with E-state index in [1.165, 1.54) is 116 Å². The second-order valence-corrected chi connectivity index (χ2v) is 7.39. The summed E-state index contributed by atoms with van der Waals surface area (Å²) in [7, 11) is 0. The van der Waals surface area contributed by atoms with Gasteiger partial charge in [0, 0.05) is 0 Å². The Hall–Kier alpha value is -0.0400. The van der Waals surface area contributed by atoms with Gasteiger partial charge < -0.3 is 5.73 Å². The highest BCUT2D eigenvalue weighted by Crippen LogP contribution is 2.13. The molecule has 0 aliphatic heterocycles. The molecule has 22 heavy (non-hydrogen) atoms. The fraction of sp³-hybridized carbons (Fsp3) is 1.00. The first-order valence-corrected chi connectivity index (χ1v) is 10.6. The molecule has 0 radical (unpaired) electrons. The van der Waals surface area contributed by atoms with Gasteiger partial charge in [0.15, 0.2) is 0 Å². The number of hydrogen-bond acceptors (Lipinski definition) is 0. The van der Waals surface area contributed by atoms with Gasteiger partial charge >= 0.3 is 0 Å². The molecular weight excluding hydrogens is 266 g/mol. The van der Waals surface area contributed by atoms with Crippen LogP contribution in [0.25, 0.3) is 0 Å². The fourth-order valence-corrected chi connectivity index (χ4v) is 3.28. The van der Waals surface area contributed by atoms with Crippen molar-refractivity contribution >= 4 is 0 Å². The lowest BCUT2D eigenvalue weighted by molar-refractivity contribution is -0.423. The van der Waals surface area contributed by atoms with Gasteiger partial charge in [-0.2, -0.15) is 0 Å². The van der Waals surface area contributed by atoms with E-state index in [4.69, 9.17) is 0 Å². The predicted octanol–water partition coefficient (Wildman–Crippen LogP) is 6.66. The minimum absolute atomic E-state index is 0.722. The molecule has 0 aliphatic rings. The van der Waals surface area contributed by atoms with Crippen molar-refractivity contribution in [1.82, 2.24) is 0 Å². The van der Waals surface area contributed by atoms with E-state index in [1.54, 1.807) is 0 Å². The monoisotopic (exact) mass is 312 g/mol. The van der Waals surface area contributed by atoms with Crippen LogP contribution >= 0.6 is 0 Å². The summed E-state index contributed by atoms with van der Waals surface area (Å²) in [5.41, 5.74) is 4.35. The summed E-state index contributed by atoms with van der Waals surface area (Å²) in [5, 5.41) is 0. The van der Waals surface area contributed by atoms with E-state index in [0.29, 0.717) is 0 Å². The molecule has 134 valence electrons. The van der Waals surface area contributed by atoms with Crippen molar-refractivity contribution < 1.29 is 5.73 Å². The van der Waals surface area contributed by atoms with E-state index in [9.17, 15) is 0 Å². The quantitative estimate of drug-likeness (QED) is 0.274. The van der Waals surface area contributed by atoms with Crippen LogP contribution in [0.3, 0.4) is 0 Å². The smallest absolute Gasteiger partial charge is 0.0843 e. The first-order chi connectivity index (χ1) is 10.8. The number of unbranched alkanes of at least 4 members (excludes halogenated alkanes) is 14. The van der Waals surface area contributed by atoms with E-state index in [0.717, 1.165) is 6.04 Å². The highest BCUT2D eigenvalue weighted by Gasteiger charge is 2.05. The molecule has 0 aromatic carbocycles. The van der Waals surface area contributed by atoms with Crippen molar-refractivity contribution in [2.45, 2.75) is 135 Å². The Kier molecular flexibility index (Phi) is 19.0. The van der Waals surface area contributed by atoms with Gasteiger partial charge in [0.2, 0.25) is 0 Å². The molecule has 0 aliphatic carbocycles. The summed E-state index contributed by atoms with van der Waals surface area (Å²) in [6.45, 7) is 4.59. The largest absolute Gasteiger partial charge is 0.355 e. The summed E-state index contributed by atoms with van der Waals surface area (Å²) >= 11 is 0. The Morgan fingerprint density at radius 2 is 0.727 bits per heavy atom. The average Bonchev–Trinajstić information content (AvgIpc) is 2.52. The molecule has 0 unspecified atom stereocenters. The van der Waals surface area contributed by atoms with E-state index >= 15 is 0 Å². The summed E-state index contributed by atoms with van der Waals surface area (Å²) in [4.78, 5) is 0. The molecule has 1 heteroatoms. The van der Waals surface area contributed by atoms with Crippen molar-refractivity contribution in [2.75, 3.05) is 0 Å². The zero-order chi connectivity index (χ0) is 16.3. The second kappa shape index (κ2) is 19.0. The molecule has 0 aromatic heterocycles.